The van der Waals surface area contributed by atoms with Gasteiger partial charge in [0.15, 0.2) is 0 Å². The Morgan fingerprint density at radius 3 is 2.00 bits per heavy atom. The summed E-state index contributed by atoms with van der Waals surface area (Å²) in [4.78, 5) is 4.59. The summed E-state index contributed by atoms with van der Waals surface area (Å²) in [5, 5.41) is 27.9. The number of nitriles is 2. The highest BCUT2D eigenvalue weighted by Gasteiger charge is 2.26. The van der Waals surface area contributed by atoms with Crippen LogP contribution in [-0.4, -0.2) is 60.3 Å². The average Bonchev–Trinajstić information content (AvgIpc) is 2.44. The molecule has 1 N–H and O–H groups in total. The number of piperazine rings is 1. The maximum atomic E-state index is 10.2. The molecule has 1 aliphatic heterocycles. The molecule has 5 heteroatoms. The van der Waals surface area contributed by atoms with Crippen LogP contribution in [0.2, 0.25) is 0 Å². The average molecular weight is 292 g/mol. The molecule has 0 saturated carbocycles. The highest BCUT2D eigenvalue weighted by molar-refractivity contribution is 4.89. The molecule has 0 spiro atoms. The highest BCUT2D eigenvalue weighted by atomic mass is 16.3. The molecular weight excluding hydrogens is 264 g/mol. The Kier molecular flexibility index (Phi) is 7.11. The minimum absolute atomic E-state index is 0.0450. The van der Waals surface area contributed by atoms with Gasteiger partial charge in [-0.2, -0.15) is 10.5 Å². The van der Waals surface area contributed by atoms with E-state index in [1.165, 1.54) is 0 Å². The van der Waals surface area contributed by atoms with Gasteiger partial charge in [-0.1, -0.05) is 20.8 Å². The fourth-order valence-corrected chi connectivity index (χ4v) is 2.42. The van der Waals surface area contributed by atoms with Crippen LogP contribution in [0, 0.1) is 34.0 Å². The fourth-order valence-electron chi connectivity index (χ4n) is 2.42. The Labute approximate surface area is 128 Å². The summed E-state index contributed by atoms with van der Waals surface area (Å²) in [5.41, 5.74) is -0.0830. The fraction of sp³-hybridized carbons (Fsp3) is 0.875. The Balaban J connectivity index is 2.32. The van der Waals surface area contributed by atoms with Crippen molar-refractivity contribution in [1.82, 2.24) is 9.80 Å². The quantitative estimate of drug-likeness (QED) is 0.802. The van der Waals surface area contributed by atoms with Gasteiger partial charge in [-0.05, 0) is 11.8 Å². The number of aliphatic hydroxyl groups excluding tert-OH is 1. The summed E-state index contributed by atoms with van der Waals surface area (Å²) >= 11 is 0. The number of hydrogen-bond acceptors (Lipinski definition) is 5. The molecule has 0 radical (unpaired) electrons. The second-order valence-electron chi connectivity index (χ2n) is 7.01. The van der Waals surface area contributed by atoms with Gasteiger partial charge in [0.1, 0.15) is 0 Å². The highest BCUT2D eigenvalue weighted by Crippen LogP contribution is 2.20. The standard InChI is InChI=1S/C16H28N4O/c1-16(2,3)15(21)13-20-9-7-19(8-10-20)12-14(11-18)5-4-6-17/h14-15,21H,4-5,7-10,12-13H2,1-3H3/t14-,15-/m1/s1. The maximum absolute atomic E-state index is 10.2. The summed E-state index contributed by atoms with van der Waals surface area (Å²) in [6.07, 6.45) is 0.804. The maximum Gasteiger partial charge on any atom is 0.0715 e. The summed E-state index contributed by atoms with van der Waals surface area (Å²) in [6.45, 7) is 11.4. The van der Waals surface area contributed by atoms with Crippen molar-refractivity contribution >= 4 is 0 Å². The van der Waals surface area contributed by atoms with E-state index in [9.17, 15) is 5.11 Å². The van der Waals surface area contributed by atoms with Gasteiger partial charge < -0.3 is 5.11 Å². The molecule has 0 aromatic heterocycles. The summed E-state index contributed by atoms with van der Waals surface area (Å²) in [6, 6.07) is 4.41. The first-order valence-corrected chi connectivity index (χ1v) is 7.76. The molecule has 1 saturated heterocycles. The van der Waals surface area contributed by atoms with Gasteiger partial charge in [-0.3, -0.25) is 9.80 Å². The Hall–Kier alpha value is -1.14. The van der Waals surface area contributed by atoms with Crippen LogP contribution in [0.4, 0.5) is 0 Å². The van der Waals surface area contributed by atoms with Crippen LogP contribution >= 0.6 is 0 Å². The van der Waals surface area contributed by atoms with Gasteiger partial charge in [0.25, 0.3) is 0 Å². The SMILES string of the molecule is CC(C)(C)[C@H](O)CN1CCN(C[C@@H](C#N)CCC#N)CC1. The molecule has 0 aromatic carbocycles. The summed E-state index contributed by atoms with van der Waals surface area (Å²) < 4.78 is 0. The van der Waals surface area contributed by atoms with Crippen molar-refractivity contribution in [3.8, 4) is 12.1 Å². The molecule has 5 nitrogen and oxygen atoms in total. The molecule has 1 heterocycles. The van der Waals surface area contributed by atoms with Crippen LogP contribution < -0.4 is 0 Å². The zero-order chi connectivity index (χ0) is 15.9. The van der Waals surface area contributed by atoms with Crippen LogP contribution in [0.3, 0.4) is 0 Å². The minimum Gasteiger partial charge on any atom is -0.391 e. The number of hydrogen-bond donors (Lipinski definition) is 1. The molecule has 1 rings (SSSR count). The third-order valence-electron chi connectivity index (χ3n) is 4.16. The lowest BCUT2D eigenvalue weighted by Gasteiger charge is -2.38. The van der Waals surface area contributed by atoms with E-state index in [2.05, 4.69) is 42.7 Å². The van der Waals surface area contributed by atoms with E-state index in [0.29, 0.717) is 19.4 Å². The Morgan fingerprint density at radius 2 is 1.57 bits per heavy atom. The van der Waals surface area contributed by atoms with Gasteiger partial charge in [0, 0.05) is 45.7 Å². The van der Waals surface area contributed by atoms with E-state index in [1.807, 2.05) is 0 Å². The zero-order valence-electron chi connectivity index (χ0n) is 13.5. The predicted octanol–water partition coefficient (Wildman–Crippen LogP) is 1.45. The molecule has 21 heavy (non-hydrogen) atoms. The molecule has 0 bridgehead atoms. The van der Waals surface area contributed by atoms with Crippen molar-refractivity contribution in [1.29, 1.82) is 10.5 Å². The van der Waals surface area contributed by atoms with Crippen LogP contribution in [0.15, 0.2) is 0 Å². The molecule has 1 aliphatic rings. The zero-order valence-corrected chi connectivity index (χ0v) is 13.5. The molecule has 0 amide bonds. The largest absolute Gasteiger partial charge is 0.391 e. The predicted molar refractivity (Wildman–Crippen MR) is 82.3 cm³/mol. The van der Waals surface area contributed by atoms with E-state index < -0.39 is 0 Å². The minimum atomic E-state index is -0.313. The molecule has 0 unspecified atom stereocenters. The smallest absolute Gasteiger partial charge is 0.0715 e. The van der Waals surface area contributed by atoms with Crippen molar-refractivity contribution in [2.45, 2.75) is 39.7 Å². The van der Waals surface area contributed by atoms with E-state index in [1.54, 1.807) is 0 Å². The first-order chi connectivity index (χ1) is 9.86. The summed E-state index contributed by atoms with van der Waals surface area (Å²) in [5.74, 6) is -0.0450. The van der Waals surface area contributed by atoms with E-state index in [-0.39, 0.29) is 17.4 Å². The van der Waals surface area contributed by atoms with Crippen molar-refractivity contribution in [3.05, 3.63) is 0 Å². The Morgan fingerprint density at radius 1 is 1.05 bits per heavy atom. The van der Waals surface area contributed by atoms with Crippen molar-refractivity contribution < 1.29 is 5.11 Å². The first-order valence-electron chi connectivity index (χ1n) is 7.76. The van der Waals surface area contributed by atoms with Crippen LogP contribution in [0.1, 0.15) is 33.6 Å². The molecular formula is C16H28N4O. The van der Waals surface area contributed by atoms with Gasteiger partial charge in [-0.15, -0.1) is 0 Å². The lowest BCUT2D eigenvalue weighted by Crippen LogP contribution is -2.51. The van der Waals surface area contributed by atoms with Crippen LogP contribution in [0.5, 0.6) is 0 Å². The Bertz CT molecular complexity index is 383. The lowest BCUT2D eigenvalue weighted by molar-refractivity contribution is 0.0125. The first kappa shape index (κ1) is 17.9. The van der Waals surface area contributed by atoms with Gasteiger partial charge in [-0.25, -0.2) is 0 Å². The van der Waals surface area contributed by atoms with Crippen molar-refractivity contribution in [3.63, 3.8) is 0 Å². The second kappa shape index (κ2) is 8.34. The van der Waals surface area contributed by atoms with Crippen molar-refractivity contribution in [2.75, 3.05) is 39.3 Å². The van der Waals surface area contributed by atoms with Gasteiger partial charge >= 0.3 is 0 Å². The molecule has 0 aromatic rings. The second-order valence-corrected chi connectivity index (χ2v) is 7.01. The summed E-state index contributed by atoms with van der Waals surface area (Å²) in [7, 11) is 0. The van der Waals surface area contributed by atoms with E-state index >= 15 is 0 Å². The molecule has 118 valence electrons. The van der Waals surface area contributed by atoms with Gasteiger partial charge in [0.2, 0.25) is 0 Å². The van der Waals surface area contributed by atoms with E-state index in [0.717, 1.165) is 32.7 Å². The normalized spacial score (nSPS) is 20.5. The molecule has 2 atom stereocenters. The number of nitrogens with zero attached hydrogens (tertiary/aromatic N) is 4. The third-order valence-corrected chi connectivity index (χ3v) is 4.16. The topological polar surface area (TPSA) is 74.3 Å². The number of aliphatic hydroxyl groups is 1. The number of β-amino-alcohol motifs (C(OH)–C–C–N with tert-alkyl or cyclic N) is 1. The van der Waals surface area contributed by atoms with Crippen LogP contribution in [0.25, 0.3) is 0 Å². The van der Waals surface area contributed by atoms with Crippen molar-refractivity contribution in [2.24, 2.45) is 11.3 Å². The number of rotatable bonds is 6. The lowest BCUT2D eigenvalue weighted by atomic mass is 9.89. The van der Waals surface area contributed by atoms with Crippen LogP contribution in [-0.2, 0) is 0 Å². The third kappa shape index (κ3) is 6.44. The van der Waals surface area contributed by atoms with E-state index in [4.69, 9.17) is 10.5 Å². The molecule has 0 aliphatic carbocycles. The monoisotopic (exact) mass is 292 g/mol. The van der Waals surface area contributed by atoms with Gasteiger partial charge in [0.05, 0.1) is 24.2 Å². The molecule has 1 fully saturated rings.